The predicted octanol–water partition coefficient (Wildman–Crippen LogP) is 2.36. The van der Waals surface area contributed by atoms with E-state index in [0.29, 0.717) is 13.2 Å². The molecule has 5 heteroatoms. The summed E-state index contributed by atoms with van der Waals surface area (Å²) in [6.07, 6.45) is 3.45. The summed E-state index contributed by atoms with van der Waals surface area (Å²) in [5, 5.41) is 10.1. The third kappa shape index (κ3) is 3.16. The maximum Gasteiger partial charge on any atom is 0.184 e. The van der Waals surface area contributed by atoms with E-state index in [1.807, 2.05) is 30.3 Å². The van der Waals surface area contributed by atoms with E-state index in [1.54, 1.807) is 0 Å². The average molecular weight is 320 g/mol. The smallest absolute Gasteiger partial charge is 0.184 e. The normalized spacial score (nSPS) is 35.5. The second-order valence-corrected chi connectivity index (χ2v) is 6.70. The van der Waals surface area contributed by atoms with Crippen LogP contribution in [0.1, 0.15) is 37.7 Å². The Bertz CT molecular complexity index is 513. The molecule has 0 radical (unpaired) electrons. The molecular formula is C18H24O5. The fraction of sp³-hybridized carbons (Fsp3) is 0.667. The Labute approximate surface area is 136 Å². The molecule has 0 bridgehead atoms. The highest BCUT2D eigenvalue weighted by Gasteiger charge is 2.57. The summed E-state index contributed by atoms with van der Waals surface area (Å²) in [7, 11) is 0. The minimum atomic E-state index is -0.924. The van der Waals surface area contributed by atoms with Gasteiger partial charge in [-0.1, -0.05) is 36.8 Å². The Balaban J connectivity index is 1.34. The van der Waals surface area contributed by atoms with Gasteiger partial charge < -0.3 is 24.1 Å². The Morgan fingerprint density at radius 2 is 1.78 bits per heavy atom. The number of ether oxygens (including phenoxy) is 4. The molecule has 1 spiro atoms. The minimum Gasteiger partial charge on any atom is -0.374 e. The third-order valence-corrected chi connectivity index (χ3v) is 5.00. The molecule has 2 saturated heterocycles. The number of aliphatic hydroxyl groups is 1. The van der Waals surface area contributed by atoms with Gasteiger partial charge in [0.2, 0.25) is 0 Å². The zero-order chi connectivity index (χ0) is 15.7. The van der Waals surface area contributed by atoms with E-state index >= 15 is 0 Å². The first kappa shape index (κ1) is 15.5. The van der Waals surface area contributed by atoms with E-state index in [1.165, 1.54) is 6.42 Å². The summed E-state index contributed by atoms with van der Waals surface area (Å²) < 4.78 is 23.6. The molecule has 3 aliphatic rings. The molecule has 1 N–H and O–H groups in total. The molecule has 2 aliphatic heterocycles. The quantitative estimate of drug-likeness (QED) is 0.923. The Morgan fingerprint density at radius 1 is 1.04 bits per heavy atom. The molecule has 1 aromatic rings. The van der Waals surface area contributed by atoms with Crippen LogP contribution in [0.15, 0.2) is 30.3 Å². The monoisotopic (exact) mass is 320 g/mol. The zero-order valence-corrected chi connectivity index (χ0v) is 13.2. The molecule has 5 nitrogen and oxygen atoms in total. The van der Waals surface area contributed by atoms with Crippen molar-refractivity contribution in [3.63, 3.8) is 0 Å². The van der Waals surface area contributed by atoms with E-state index < -0.39 is 18.2 Å². The lowest BCUT2D eigenvalue weighted by molar-refractivity contribution is -0.250. The van der Waals surface area contributed by atoms with Gasteiger partial charge in [-0.2, -0.15) is 0 Å². The first-order chi connectivity index (χ1) is 11.3. The lowest BCUT2D eigenvalue weighted by atomic mass is 9.94. The molecule has 1 saturated carbocycles. The van der Waals surface area contributed by atoms with Crippen molar-refractivity contribution < 1.29 is 24.1 Å². The van der Waals surface area contributed by atoms with Crippen molar-refractivity contribution in [1.82, 2.24) is 0 Å². The second-order valence-electron chi connectivity index (χ2n) is 6.70. The zero-order valence-electron chi connectivity index (χ0n) is 13.2. The summed E-state index contributed by atoms with van der Waals surface area (Å²) in [5.41, 5.74) is 1.12. The number of hydrogen-bond acceptors (Lipinski definition) is 5. The molecule has 126 valence electrons. The summed E-state index contributed by atoms with van der Waals surface area (Å²) in [5.74, 6) is -0.504. The number of rotatable bonds is 4. The maximum absolute atomic E-state index is 10.1. The van der Waals surface area contributed by atoms with Crippen LogP contribution >= 0.6 is 0 Å². The molecule has 3 fully saturated rings. The van der Waals surface area contributed by atoms with Crippen molar-refractivity contribution in [2.45, 2.75) is 69.1 Å². The molecule has 0 aromatic heterocycles. The van der Waals surface area contributed by atoms with Gasteiger partial charge in [-0.15, -0.1) is 0 Å². The second kappa shape index (κ2) is 6.49. The van der Waals surface area contributed by atoms with Gasteiger partial charge in [-0.3, -0.25) is 0 Å². The van der Waals surface area contributed by atoms with Crippen LogP contribution in [-0.2, 0) is 25.6 Å². The van der Waals surface area contributed by atoms with Crippen molar-refractivity contribution in [3.8, 4) is 0 Å². The summed E-state index contributed by atoms with van der Waals surface area (Å²) in [4.78, 5) is 0. The SMILES string of the molecule is OC1O[C@@H](COCc2ccccc2)[C@H]2OC3(CCCCC3)O[C@@H]12. The lowest BCUT2D eigenvalue weighted by Crippen LogP contribution is -2.37. The highest BCUT2D eigenvalue weighted by molar-refractivity contribution is 5.13. The number of aliphatic hydroxyl groups excluding tert-OH is 1. The van der Waals surface area contributed by atoms with Crippen LogP contribution in [0, 0.1) is 0 Å². The van der Waals surface area contributed by atoms with Gasteiger partial charge in [0.15, 0.2) is 12.1 Å². The first-order valence-corrected chi connectivity index (χ1v) is 8.57. The maximum atomic E-state index is 10.1. The predicted molar refractivity (Wildman–Crippen MR) is 82.5 cm³/mol. The fourth-order valence-electron chi connectivity index (χ4n) is 3.83. The number of benzene rings is 1. The van der Waals surface area contributed by atoms with Gasteiger partial charge in [0.05, 0.1) is 13.2 Å². The van der Waals surface area contributed by atoms with Gasteiger partial charge in [-0.05, 0) is 18.4 Å². The standard InChI is InChI=1S/C18H24O5/c19-17-16-15(22-18(23-16)9-5-2-6-10-18)14(21-17)12-20-11-13-7-3-1-4-8-13/h1,3-4,7-8,14-17,19H,2,5-6,9-12H2/t14-,15+,16+,17?/m0/s1. The van der Waals surface area contributed by atoms with Gasteiger partial charge in [-0.25, -0.2) is 0 Å². The largest absolute Gasteiger partial charge is 0.374 e. The topological polar surface area (TPSA) is 57.2 Å². The van der Waals surface area contributed by atoms with Crippen molar-refractivity contribution in [2.75, 3.05) is 6.61 Å². The Morgan fingerprint density at radius 3 is 2.57 bits per heavy atom. The summed E-state index contributed by atoms with van der Waals surface area (Å²) in [6, 6.07) is 10.0. The molecular weight excluding hydrogens is 296 g/mol. The van der Waals surface area contributed by atoms with Crippen molar-refractivity contribution in [3.05, 3.63) is 35.9 Å². The van der Waals surface area contributed by atoms with Gasteiger partial charge in [0.1, 0.15) is 18.3 Å². The fourth-order valence-corrected chi connectivity index (χ4v) is 3.83. The highest BCUT2D eigenvalue weighted by Crippen LogP contribution is 2.45. The molecule has 1 unspecified atom stereocenters. The molecule has 2 heterocycles. The molecule has 1 aromatic carbocycles. The third-order valence-electron chi connectivity index (χ3n) is 5.00. The van der Waals surface area contributed by atoms with E-state index in [0.717, 1.165) is 31.2 Å². The van der Waals surface area contributed by atoms with Crippen LogP contribution in [0.2, 0.25) is 0 Å². The molecule has 0 amide bonds. The van der Waals surface area contributed by atoms with Crippen LogP contribution in [0.5, 0.6) is 0 Å². The summed E-state index contributed by atoms with van der Waals surface area (Å²) >= 11 is 0. The minimum absolute atomic E-state index is 0.237. The Kier molecular flexibility index (Phi) is 4.39. The van der Waals surface area contributed by atoms with E-state index in [4.69, 9.17) is 18.9 Å². The van der Waals surface area contributed by atoms with E-state index in [-0.39, 0.29) is 12.2 Å². The molecule has 1 aliphatic carbocycles. The van der Waals surface area contributed by atoms with Crippen molar-refractivity contribution in [2.24, 2.45) is 0 Å². The lowest BCUT2D eigenvalue weighted by Gasteiger charge is -2.33. The molecule has 23 heavy (non-hydrogen) atoms. The number of fused-ring (bicyclic) bond motifs is 1. The molecule has 4 atom stereocenters. The van der Waals surface area contributed by atoms with Gasteiger partial charge in [0.25, 0.3) is 0 Å². The van der Waals surface area contributed by atoms with Crippen molar-refractivity contribution >= 4 is 0 Å². The van der Waals surface area contributed by atoms with Gasteiger partial charge in [0, 0.05) is 12.8 Å². The average Bonchev–Trinajstić information content (AvgIpc) is 3.07. The first-order valence-electron chi connectivity index (χ1n) is 8.57. The van der Waals surface area contributed by atoms with Crippen molar-refractivity contribution in [1.29, 1.82) is 0 Å². The van der Waals surface area contributed by atoms with E-state index in [2.05, 4.69) is 0 Å². The van der Waals surface area contributed by atoms with Crippen LogP contribution in [0.4, 0.5) is 0 Å². The summed E-state index contributed by atoms with van der Waals surface area (Å²) in [6.45, 7) is 0.923. The molecule has 4 rings (SSSR count). The number of hydrogen-bond donors (Lipinski definition) is 1. The van der Waals surface area contributed by atoms with Crippen LogP contribution < -0.4 is 0 Å². The van der Waals surface area contributed by atoms with Crippen LogP contribution in [-0.4, -0.2) is 42.1 Å². The van der Waals surface area contributed by atoms with Crippen LogP contribution in [0.25, 0.3) is 0 Å². The highest BCUT2D eigenvalue weighted by atomic mass is 16.8. The van der Waals surface area contributed by atoms with E-state index in [9.17, 15) is 5.11 Å². The van der Waals surface area contributed by atoms with Gasteiger partial charge >= 0.3 is 0 Å². The Hall–Kier alpha value is -0.980. The van der Waals surface area contributed by atoms with Crippen LogP contribution in [0.3, 0.4) is 0 Å².